The predicted molar refractivity (Wildman–Crippen MR) is 131 cm³/mol. The molecule has 4 rings (SSSR count). The fourth-order valence-electron chi connectivity index (χ4n) is 4.93. The number of carbonyl (C=O) groups is 3. The summed E-state index contributed by atoms with van der Waals surface area (Å²) in [5.74, 6) is -2.53. The molecule has 9 nitrogen and oxygen atoms in total. The van der Waals surface area contributed by atoms with E-state index in [1.807, 2.05) is 0 Å². The molecule has 1 aliphatic carbocycles. The van der Waals surface area contributed by atoms with Crippen LogP contribution in [0.15, 0.2) is 30.3 Å². The van der Waals surface area contributed by atoms with Gasteiger partial charge in [-0.25, -0.2) is 4.39 Å². The molecule has 1 spiro atoms. The Labute approximate surface area is 213 Å². The number of carbonyl (C=O) groups excluding carboxylic acids is 2. The summed E-state index contributed by atoms with van der Waals surface area (Å²) in [4.78, 5) is 36.8. The number of aryl methyl sites for hydroxylation is 1. The van der Waals surface area contributed by atoms with E-state index in [4.69, 9.17) is 14.6 Å². The molecule has 2 aliphatic rings. The van der Waals surface area contributed by atoms with Gasteiger partial charge in [-0.05, 0) is 49.4 Å². The predicted octanol–water partition coefficient (Wildman–Crippen LogP) is 3.16. The third-order valence-electron chi connectivity index (χ3n) is 6.97. The first-order valence-electron chi connectivity index (χ1n) is 12.1. The number of nitrogens with one attached hydrogen (secondary N) is 2. The second kappa shape index (κ2) is 11.0. The fraction of sp³-hybridized carbons (Fsp3) is 0.407. The number of hydrogen-bond acceptors (Lipinski definition) is 6. The van der Waals surface area contributed by atoms with Crippen molar-refractivity contribution in [3.8, 4) is 11.8 Å². The summed E-state index contributed by atoms with van der Waals surface area (Å²) in [6.07, 6.45) is 1.87. The number of carboxylic acids is 1. The van der Waals surface area contributed by atoms with Gasteiger partial charge >= 0.3 is 5.97 Å². The van der Waals surface area contributed by atoms with E-state index in [2.05, 4.69) is 16.7 Å². The Morgan fingerprint density at radius 3 is 2.84 bits per heavy atom. The number of nitrogens with zero attached hydrogens (tertiary/aromatic N) is 1. The summed E-state index contributed by atoms with van der Waals surface area (Å²) < 4.78 is 25.3. The number of amides is 2. The molecule has 10 heteroatoms. The Morgan fingerprint density at radius 1 is 1.30 bits per heavy atom. The molecule has 1 fully saturated rings. The fourth-order valence-corrected chi connectivity index (χ4v) is 4.93. The number of aliphatic carboxylic acids is 1. The largest absolute Gasteiger partial charge is 0.493 e. The molecular weight excluding hydrogens is 481 g/mol. The summed E-state index contributed by atoms with van der Waals surface area (Å²) in [6.45, 7) is 0.841. The van der Waals surface area contributed by atoms with E-state index in [1.54, 1.807) is 18.2 Å². The van der Waals surface area contributed by atoms with E-state index >= 15 is 0 Å². The van der Waals surface area contributed by atoms with Crippen LogP contribution in [-0.2, 0) is 26.2 Å². The zero-order chi connectivity index (χ0) is 26.6. The molecule has 2 unspecified atom stereocenters. The molecule has 0 radical (unpaired) electrons. The maximum Gasteiger partial charge on any atom is 0.303 e. The highest BCUT2D eigenvalue weighted by Crippen LogP contribution is 2.61. The minimum absolute atomic E-state index is 0.00610. The van der Waals surface area contributed by atoms with E-state index in [9.17, 15) is 24.0 Å². The van der Waals surface area contributed by atoms with Crippen LogP contribution < -0.4 is 15.4 Å². The summed E-state index contributed by atoms with van der Waals surface area (Å²) >= 11 is 0. The van der Waals surface area contributed by atoms with Gasteiger partial charge < -0.3 is 25.2 Å². The highest BCUT2D eigenvalue weighted by Gasteiger charge is 2.61. The van der Waals surface area contributed by atoms with Crippen LogP contribution in [0, 0.1) is 23.1 Å². The molecule has 0 aromatic heterocycles. The molecule has 1 aliphatic heterocycles. The first-order chi connectivity index (χ1) is 17.8. The number of nitriles is 1. The molecule has 2 amide bonds. The maximum atomic E-state index is 14.7. The van der Waals surface area contributed by atoms with Crippen LogP contribution in [0.4, 0.5) is 10.1 Å². The van der Waals surface area contributed by atoms with Crippen LogP contribution in [0.2, 0.25) is 0 Å². The third-order valence-corrected chi connectivity index (χ3v) is 6.97. The van der Waals surface area contributed by atoms with Crippen molar-refractivity contribution in [1.29, 1.82) is 5.26 Å². The normalized spacial score (nSPS) is 19.3. The van der Waals surface area contributed by atoms with Gasteiger partial charge in [0.05, 0.1) is 30.4 Å². The van der Waals surface area contributed by atoms with Crippen molar-refractivity contribution in [2.24, 2.45) is 5.92 Å². The highest BCUT2D eigenvalue weighted by molar-refractivity contribution is 5.98. The van der Waals surface area contributed by atoms with Crippen LogP contribution in [0.1, 0.15) is 52.7 Å². The van der Waals surface area contributed by atoms with Gasteiger partial charge in [0.15, 0.2) is 0 Å². The van der Waals surface area contributed by atoms with Gasteiger partial charge in [-0.2, -0.15) is 5.26 Å². The van der Waals surface area contributed by atoms with Crippen molar-refractivity contribution in [3.05, 3.63) is 58.4 Å². The van der Waals surface area contributed by atoms with Gasteiger partial charge in [0.2, 0.25) is 5.91 Å². The molecule has 2 aromatic rings. The van der Waals surface area contributed by atoms with Crippen LogP contribution in [0.25, 0.3) is 0 Å². The average molecular weight is 510 g/mol. The molecule has 1 heterocycles. The molecule has 37 heavy (non-hydrogen) atoms. The lowest BCUT2D eigenvalue weighted by atomic mass is 9.86. The van der Waals surface area contributed by atoms with Gasteiger partial charge in [-0.15, -0.1) is 0 Å². The molecule has 3 N–H and O–H groups in total. The molecule has 2 aromatic carbocycles. The summed E-state index contributed by atoms with van der Waals surface area (Å²) in [5.41, 5.74) is 1.52. The van der Waals surface area contributed by atoms with Crippen LogP contribution in [0.3, 0.4) is 0 Å². The van der Waals surface area contributed by atoms with Gasteiger partial charge in [0.25, 0.3) is 5.91 Å². The number of fused-ring (bicyclic) bond motifs is 2. The summed E-state index contributed by atoms with van der Waals surface area (Å²) in [7, 11) is 1.50. The lowest BCUT2D eigenvalue weighted by Gasteiger charge is -2.27. The SMILES string of the molecule is COCCNC(=O)c1cc2c(cc1F)OCCC21CC1C(=O)Nc1cc(C#N)ccc1CCCC(=O)O. The maximum absolute atomic E-state index is 14.7. The van der Waals surface area contributed by atoms with E-state index in [1.165, 1.54) is 19.2 Å². The Balaban J connectivity index is 1.55. The summed E-state index contributed by atoms with van der Waals surface area (Å²) in [5, 5.41) is 23.8. The van der Waals surface area contributed by atoms with Gasteiger partial charge in [-0.1, -0.05) is 6.07 Å². The molecule has 2 atom stereocenters. The zero-order valence-corrected chi connectivity index (χ0v) is 20.4. The van der Waals surface area contributed by atoms with Crippen molar-refractivity contribution in [3.63, 3.8) is 0 Å². The Morgan fingerprint density at radius 2 is 2.11 bits per heavy atom. The average Bonchev–Trinajstić information content (AvgIpc) is 3.59. The van der Waals surface area contributed by atoms with Crippen LogP contribution in [0.5, 0.6) is 5.75 Å². The summed E-state index contributed by atoms with van der Waals surface area (Å²) in [6, 6.07) is 9.67. The topological polar surface area (TPSA) is 138 Å². The number of carboxylic acid groups (broad SMARTS) is 1. The molecule has 1 saturated carbocycles. The highest BCUT2D eigenvalue weighted by atomic mass is 19.1. The number of halogens is 1. The van der Waals surface area contributed by atoms with E-state index < -0.39 is 29.0 Å². The first kappa shape index (κ1) is 26.1. The number of rotatable bonds is 10. The van der Waals surface area contributed by atoms with Crippen molar-refractivity contribution < 1.29 is 33.4 Å². The van der Waals surface area contributed by atoms with Gasteiger partial charge in [-0.3, -0.25) is 14.4 Å². The third kappa shape index (κ3) is 5.57. The minimum atomic E-state index is -0.902. The number of anilines is 1. The monoisotopic (exact) mass is 509 g/mol. The Hall–Kier alpha value is -3.97. The number of hydrogen-bond donors (Lipinski definition) is 3. The van der Waals surface area contributed by atoms with E-state index in [-0.39, 0.29) is 24.4 Å². The first-order valence-corrected chi connectivity index (χ1v) is 12.1. The van der Waals surface area contributed by atoms with E-state index in [0.717, 1.165) is 5.56 Å². The minimum Gasteiger partial charge on any atom is -0.493 e. The van der Waals surface area contributed by atoms with Crippen molar-refractivity contribution >= 4 is 23.5 Å². The van der Waals surface area contributed by atoms with Crippen molar-refractivity contribution in [2.75, 3.05) is 32.2 Å². The van der Waals surface area contributed by atoms with Crippen molar-refractivity contribution in [2.45, 2.75) is 37.5 Å². The van der Waals surface area contributed by atoms with E-state index in [0.29, 0.717) is 61.5 Å². The van der Waals surface area contributed by atoms with Gasteiger partial charge in [0.1, 0.15) is 11.6 Å². The smallest absolute Gasteiger partial charge is 0.303 e. The lowest BCUT2D eigenvalue weighted by molar-refractivity contribution is -0.137. The Kier molecular flexibility index (Phi) is 7.74. The second-order valence-electron chi connectivity index (χ2n) is 9.31. The molecule has 0 bridgehead atoms. The molecular formula is C27H28FN3O6. The Bertz CT molecular complexity index is 1270. The van der Waals surface area contributed by atoms with Crippen molar-refractivity contribution in [1.82, 2.24) is 5.32 Å². The standard InChI is InChI=1S/C27H28FN3O6/c1-36-10-8-30-25(34)18-12-19-23(13-21(18)28)37-9-7-27(19)14-20(27)26(35)31-22-11-16(15-29)5-6-17(22)3-2-4-24(32)33/h5-6,11-13,20H,2-4,7-10,14H2,1H3,(H,30,34)(H,31,35)(H,32,33). The number of methoxy groups -OCH3 is 1. The van der Waals surface area contributed by atoms with Crippen LogP contribution in [-0.4, -0.2) is 49.8 Å². The molecule has 194 valence electrons. The number of ether oxygens (including phenoxy) is 2. The second-order valence-corrected chi connectivity index (χ2v) is 9.31. The quantitative estimate of drug-likeness (QED) is 0.418. The lowest BCUT2D eigenvalue weighted by Crippen LogP contribution is -2.30. The van der Waals surface area contributed by atoms with Gasteiger partial charge in [0, 0.05) is 48.7 Å². The van der Waals surface area contributed by atoms with Crippen LogP contribution >= 0.6 is 0 Å². The molecule has 0 saturated heterocycles. The zero-order valence-electron chi connectivity index (χ0n) is 20.4. The number of benzene rings is 2.